The van der Waals surface area contributed by atoms with Gasteiger partial charge in [0.05, 0.1) is 12.5 Å². The summed E-state index contributed by atoms with van der Waals surface area (Å²) in [7, 11) is 0. The lowest BCUT2D eigenvalue weighted by Gasteiger charge is -2.11. The number of carbonyl (C=O) groups is 1. The second-order valence-electron chi connectivity index (χ2n) is 5.29. The summed E-state index contributed by atoms with van der Waals surface area (Å²) in [4.78, 5) is 15.0. The molecule has 21 heavy (non-hydrogen) atoms. The zero-order valence-corrected chi connectivity index (χ0v) is 13.4. The lowest BCUT2D eigenvalue weighted by molar-refractivity contribution is -0.148. The van der Waals surface area contributed by atoms with E-state index < -0.39 is 0 Å². The first-order valence-electron chi connectivity index (χ1n) is 7.57. The third-order valence-corrected chi connectivity index (χ3v) is 4.12. The van der Waals surface area contributed by atoms with Crippen LogP contribution in [0.2, 0.25) is 5.02 Å². The van der Waals surface area contributed by atoms with Crippen molar-refractivity contribution in [2.75, 3.05) is 6.61 Å². The number of carbonyl (C=O) groups excluding carboxylic acids is 1. The van der Waals surface area contributed by atoms with E-state index in [9.17, 15) is 4.79 Å². The molecule has 1 heterocycles. The smallest absolute Gasteiger partial charge is 0.308 e. The van der Waals surface area contributed by atoms with E-state index in [0.29, 0.717) is 6.61 Å². The average Bonchev–Trinajstić information content (AvgIpc) is 2.87. The number of aromatic amines is 1. The first kappa shape index (κ1) is 15.9. The van der Waals surface area contributed by atoms with Crippen molar-refractivity contribution in [3.8, 4) is 0 Å². The van der Waals surface area contributed by atoms with Crippen LogP contribution in [0.4, 0.5) is 0 Å². The largest absolute Gasteiger partial charge is 0.465 e. The maximum Gasteiger partial charge on any atom is 0.308 e. The summed E-state index contributed by atoms with van der Waals surface area (Å²) in [5, 5.41) is 1.89. The van der Waals surface area contributed by atoms with Crippen LogP contribution in [0.15, 0.2) is 24.4 Å². The molecule has 0 saturated carbocycles. The number of nitrogens with one attached hydrogen (secondary N) is 1. The van der Waals surface area contributed by atoms with Crippen LogP contribution in [0.25, 0.3) is 10.9 Å². The third-order valence-electron chi connectivity index (χ3n) is 3.88. The summed E-state index contributed by atoms with van der Waals surface area (Å²) in [6.45, 7) is 4.51. The van der Waals surface area contributed by atoms with Crippen molar-refractivity contribution in [3.63, 3.8) is 0 Å². The number of esters is 1. The highest BCUT2D eigenvalue weighted by atomic mass is 35.5. The van der Waals surface area contributed by atoms with E-state index in [1.165, 1.54) is 5.56 Å². The number of aryl methyl sites for hydroxylation is 1. The Morgan fingerprint density at radius 1 is 1.33 bits per heavy atom. The molecule has 0 saturated heterocycles. The number of H-pyrrole nitrogens is 1. The van der Waals surface area contributed by atoms with Gasteiger partial charge in [-0.2, -0.15) is 0 Å². The molecule has 0 aliphatic carbocycles. The van der Waals surface area contributed by atoms with Gasteiger partial charge in [-0.05, 0) is 49.4 Å². The Balaban J connectivity index is 1.85. The van der Waals surface area contributed by atoms with E-state index in [2.05, 4.69) is 4.98 Å². The van der Waals surface area contributed by atoms with E-state index in [-0.39, 0.29) is 11.9 Å². The zero-order chi connectivity index (χ0) is 15.2. The Kier molecular flexibility index (Phi) is 5.68. The Hall–Kier alpha value is -1.48. The van der Waals surface area contributed by atoms with Crippen LogP contribution < -0.4 is 0 Å². The second-order valence-corrected chi connectivity index (χ2v) is 5.72. The van der Waals surface area contributed by atoms with Crippen LogP contribution in [-0.4, -0.2) is 17.6 Å². The minimum Gasteiger partial charge on any atom is -0.465 e. The number of aromatic nitrogens is 1. The summed E-state index contributed by atoms with van der Waals surface area (Å²) in [6, 6.07) is 5.83. The van der Waals surface area contributed by atoms with Gasteiger partial charge >= 0.3 is 5.97 Å². The summed E-state index contributed by atoms with van der Waals surface area (Å²) < 4.78 is 5.34. The number of benzene rings is 1. The van der Waals surface area contributed by atoms with Crippen molar-refractivity contribution in [2.24, 2.45) is 5.92 Å². The maximum absolute atomic E-state index is 11.8. The second kappa shape index (κ2) is 7.51. The molecule has 3 nitrogen and oxygen atoms in total. The Labute approximate surface area is 130 Å². The molecule has 114 valence electrons. The van der Waals surface area contributed by atoms with Crippen LogP contribution in [-0.2, 0) is 16.0 Å². The lowest BCUT2D eigenvalue weighted by Crippen LogP contribution is -2.17. The predicted octanol–water partition coefficient (Wildman–Crippen LogP) is 4.73. The summed E-state index contributed by atoms with van der Waals surface area (Å²) >= 11 is 6.03. The van der Waals surface area contributed by atoms with Gasteiger partial charge in [0.2, 0.25) is 0 Å². The minimum absolute atomic E-state index is 0.0388. The van der Waals surface area contributed by atoms with E-state index in [1.807, 2.05) is 38.2 Å². The highest BCUT2D eigenvalue weighted by Crippen LogP contribution is 2.23. The molecular weight excluding hydrogens is 286 g/mol. The van der Waals surface area contributed by atoms with Gasteiger partial charge < -0.3 is 9.72 Å². The fraction of sp³-hybridized carbons (Fsp3) is 0.471. The molecular formula is C17H22ClNO2. The highest BCUT2D eigenvalue weighted by molar-refractivity contribution is 6.31. The fourth-order valence-electron chi connectivity index (χ4n) is 2.53. The molecule has 1 aromatic carbocycles. The van der Waals surface area contributed by atoms with Crippen LogP contribution >= 0.6 is 11.6 Å². The number of hydrogen-bond donors (Lipinski definition) is 1. The molecule has 0 spiro atoms. The van der Waals surface area contributed by atoms with Crippen LogP contribution in [0.5, 0.6) is 0 Å². The summed E-state index contributed by atoms with van der Waals surface area (Å²) in [5.74, 6) is -0.0288. The molecule has 0 bridgehead atoms. The molecule has 1 aromatic heterocycles. The van der Waals surface area contributed by atoms with Crippen LogP contribution in [0.1, 0.15) is 38.7 Å². The Morgan fingerprint density at radius 3 is 2.81 bits per heavy atom. The lowest BCUT2D eigenvalue weighted by atomic mass is 10.0. The first-order chi connectivity index (χ1) is 10.2. The highest BCUT2D eigenvalue weighted by Gasteiger charge is 2.15. The average molecular weight is 308 g/mol. The first-order valence-corrected chi connectivity index (χ1v) is 7.95. The number of halogens is 1. The molecule has 0 radical (unpaired) electrons. The Morgan fingerprint density at radius 2 is 2.10 bits per heavy atom. The van der Waals surface area contributed by atoms with E-state index in [0.717, 1.165) is 41.6 Å². The number of ether oxygens (including phenoxy) is 1. The molecule has 0 unspecified atom stereocenters. The van der Waals surface area contributed by atoms with E-state index in [4.69, 9.17) is 16.3 Å². The molecule has 2 rings (SSSR count). The van der Waals surface area contributed by atoms with Crippen molar-refractivity contribution >= 4 is 28.5 Å². The van der Waals surface area contributed by atoms with Gasteiger partial charge in [-0.15, -0.1) is 0 Å². The molecule has 0 fully saturated rings. The van der Waals surface area contributed by atoms with Crippen molar-refractivity contribution in [3.05, 3.63) is 35.0 Å². The SMILES string of the molecule is CCC(CC)C(=O)OCCCc1c[nH]c2ccc(Cl)cc12. The predicted molar refractivity (Wildman–Crippen MR) is 86.7 cm³/mol. The van der Waals surface area contributed by atoms with Crippen molar-refractivity contribution in [1.82, 2.24) is 4.98 Å². The standard InChI is InChI=1S/C17H22ClNO2/c1-3-12(4-2)17(20)21-9-5-6-13-11-19-16-8-7-14(18)10-15(13)16/h7-8,10-12,19H,3-6,9H2,1-2H3. The van der Waals surface area contributed by atoms with E-state index in [1.54, 1.807) is 0 Å². The van der Waals surface area contributed by atoms with Crippen molar-refractivity contribution < 1.29 is 9.53 Å². The van der Waals surface area contributed by atoms with Gasteiger partial charge in [0.25, 0.3) is 0 Å². The minimum atomic E-state index is -0.0676. The summed E-state index contributed by atoms with van der Waals surface area (Å²) in [5.41, 5.74) is 2.30. The molecule has 2 aromatic rings. The molecule has 0 aliphatic rings. The van der Waals surface area contributed by atoms with Gasteiger partial charge in [-0.3, -0.25) is 4.79 Å². The van der Waals surface area contributed by atoms with Gasteiger partial charge in [0.1, 0.15) is 0 Å². The number of hydrogen-bond acceptors (Lipinski definition) is 2. The van der Waals surface area contributed by atoms with Crippen LogP contribution in [0.3, 0.4) is 0 Å². The van der Waals surface area contributed by atoms with Crippen LogP contribution in [0, 0.1) is 5.92 Å². The fourth-order valence-corrected chi connectivity index (χ4v) is 2.70. The number of rotatable bonds is 7. The normalized spacial score (nSPS) is 11.2. The quantitative estimate of drug-likeness (QED) is 0.593. The van der Waals surface area contributed by atoms with Gasteiger partial charge in [-0.25, -0.2) is 0 Å². The summed E-state index contributed by atoms with van der Waals surface area (Å²) in [6.07, 6.45) is 5.39. The molecule has 1 N–H and O–H groups in total. The molecule has 4 heteroatoms. The third kappa shape index (κ3) is 4.01. The van der Waals surface area contributed by atoms with Crippen molar-refractivity contribution in [1.29, 1.82) is 0 Å². The van der Waals surface area contributed by atoms with Gasteiger partial charge in [-0.1, -0.05) is 25.4 Å². The Bertz CT molecular complexity index is 602. The number of fused-ring (bicyclic) bond motifs is 1. The molecule has 0 aliphatic heterocycles. The maximum atomic E-state index is 11.8. The molecule has 0 atom stereocenters. The van der Waals surface area contributed by atoms with Crippen molar-refractivity contribution in [2.45, 2.75) is 39.5 Å². The van der Waals surface area contributed by atoms with E-state index >= 15 is 0 Å². The monoisotopic (exact) mass is 307 g/mol. The van der Waals surface area contributed by atoms with Gasteiger partial charge in [0, 0.05) is 22.1 Å². The molecule has 0 amide bonds. The topological polar surface area (TPSA) is 42.1 Å². The zero-order valence-electron chi connectivity index (χ0n) is 12.6. The van der Waals surface area contributed by atoms with Gasteiger partial charge in [0.15, 0.2) is 0 Å².